The van der Waals surface area contributed by atoms with Crippen LogP contribution in [0, 0.1) is 15.9 Å². The van der Waals surface area contributed by atoms with Crippen LogP contribution >= 0.6 is 11.6 Å². The van der Waals surface area contributed by atoms with Gasteiger partial charge in [-0.1, -0.05) is 17.7 Å². The zero-order valence-electron chi connectivity index (χ0n) is 9.68. The first-order chi connectivity index (χ1) is 9.06. The number of hydrogen-bond donors (Lipinski definition) is 0. The highest BCUT2D eigenvalue weighted by atomic mass is 35.5. The van der Waals surface area contributed by atoms with Gasteiger partial charge in [-0.2, -0.15) is 0 Å². The number of nitro groups is 1. The molecule has 4 nitrogen and oxygen atoms in total. The molecule has 0 radical (unpaired) electrons. The summed E-state index contributed by atoms with van der Waals surface area (Å²) in [6.07, 6.45) is 0. The van der Waals surface area contributed by atoms with Gasteiger partial charge in [-0.05, 0) is 35.9 Å². The summed E-state index contributed by atoms with van der Waals surface area (Å²) in [6, 6.07) is 9.96. The molecule has 2 aromatic carbocycles. The average molecular weight is 282 g/mol. The van der Waals surface area contributed by atoms with Crippen LogP contribution in [-0.4, -0.2) is 4.92 Å². The number of nitro benzene ring substituents is 1. The van der Waals surface area contributed by atoms with Crippen LogP contribution in [0.1, 0.15) is 5.56 Å². The first kappa shape index (κ1) is 13.3. The van der Waals surface area contributed by atoms with E-state index in [4.69, 9.17) is 16.3 Å². The summed E-state index contributed by atoms with van der Waals surface area (Å²) in [6.45, 7) is 0.143. The molecule has 0 atom stereocenters. The van der Waals surface area contributed by atoms with Crippen molar-refractivity contribution in [3.63, 3.8) is 0 Å². The molecule has 98 valence electrons. The van der Waals surface area contributed by atoms with Crippen molar-refractivity contribution in [1.82, 2.24) is 0 Å². The van der Waals surface area contributed by atoms with E-state index in [0.717, 1.165) is 0 Å². The molecule has 0 aromatic heterocycles. The minimum absolute atomic E-state index is 0.0792. The Balaban J connectivity index is 2.09. The van der Waals surface area contributed by atoms with Crippen LogP contribution in [0.3, 0.4) is 0 Å². The van der Waals surface area contributed by atoms with Gasteiger partial charge >= 0.3 is 0 Å². The van der Waals surface area contributed by atoms with Gasteiger partial charge < -0.3 is 4.74 Å². The highest BCUT2D eigenvalue weighted by molar-refractivity contribution is 6.32. The zero-order chi connectivity index (χ0) is 13.8. The molecule has 0 aliphatic heterocycles. The highest BCUT2D eigenvalue weighted by Gasteiger charge is 2.12. The van der Waals surface area contributed by atoms with Gasteiger partial charge in [-0.15, -0.1) is 0 Å². The molecular formula is C13H9ClFNO3. The minimum Gasteiger partial charge on any atom is -0.489 e. The van der Waals surface area contributed by atoms with Gasteiger partial charge in [0.1, 0.15) is 23.2 Å². The molecule has 0 aliphatic carbocycles. The van der Waals surface area contributed by atoms with Crippen molar-refractivity contribution in [2.75, 3.05) is 0 Å². The van der Waals surface area contributed by atoms with E-state index in [1.807, 2.05) is 0 Å². The van der Waals surface area contributed by atoms with Crippen LogP contribution in [0.25, 0.3) is 0 Å². The van der Waals surface area contributed by atoms with Gasteiger partial charge in [-0.25, -0.2) is 4.39 Å². The predicted octanol–water partition coefficient (Wildman–Crippen LogP) is 3.97. The van der Waals surface area contributed by atoms with Crippen LogP contribution in [-0.2, 0) is 6.61 Å². The Morgan fingerprint density at radius 1 is 1.21 bits per heavy atom. The van der Waals surface area contributed by atoms with Crippen LogP contribution in [0.5, 0.6) is 5.75 Å². The molecule has 0 fully saturated rings. The molecule has 2 aromatic rings. The number of nitrogens with zero attached hydrogens (tertiary/aromatic N) is 1. The fraction of sp³-hybridized carbons (Fsp3) is 0.0769. The van der Waals surface area contributed by atoms with E-state index in [9.17, 15) is 14.5 Å². The van der Waals surface area contributed by atoms with E-state index in [0.29, 0.717) is 11.3 Å². The quantitative estimate of drug-likeness (QED) is 0.629. The summed E-state index contributed by atoms with van der Waals surface area (Å²) in [7, 11) is 0. The van der Waals surface area contributed by atoms with Gasteiger partial charge in [0.05, 0.1) is 4.92 Å². The maximum absolute atomic E-state index is 12.7. The summed E-state index contributed by atoms with van der Waals surface area (Å²) in [5.41, 5.74) is 0.447. The second-order valence-corrected chi connectivity index (χ2v) is 4.19. The molecule has 6 heteroatoms. The Hall–Kier alpha value is -2.14. The van der Waals surface area contributed by atoms with Crippen LogP contribution in [0.2, 0.25) is 5.02 Å². The molecule has 0 spiro atoms. The Bertz CT molecular complexity index is 601. The first-order valence-electron chi connectivity index (χ1n) is 5.37. The number of halogens is 2. The Morgan fingerprint density at radius 3 is 2.53 bits per heavy atom. The Kier molecular flexibility index (Phi) is 3.97. The second kappa shape index (κ2) is 5.67. The van der Waals surface area contributed by atoms with Crippen LogP contribution in [0.4, 0.5) is 10.1 Å². The number of hydrogen-bond acceptors (Lipinski definition) is 3. The average Bonchev–Trinajstić information content (AvgIpc) is 2.39. The topological polar surface area (TPSA) is 52.4 Å². The van der Waals surface area contributed by atoms with Crippen molar-refractivity contribution in [3.05, 3.63) is 69.0 Å². The van der Waals surface area contributed by atoms with Gasteiger partial charge in [0.2, 0.25) is 0 Å². The van der Waals surface area contributed by atoms with Gasteiger partial charge in [0.25, 0.3) is 5.69 Å². The van der Waals surface area contributed by atoms with Gasteiger partial charge in [-0.3, -0.25) is 10.1 Å². The fourth-order valence-corrected chi connectivity index (χ4v) is 1.67. The summed E-state index contributed by atoms with van der Waals surface area (Å²) < 4.78 is 18.1. The molecule has 2 rings (SSSR count). The largest absolute Gasteiger partial charge is 0.489 e. The third kappa shape index (κ3) is 3.42. The van der Waals surface area contributed by atoms with Gasteiger partial charge in [0.15, 0.2) is 0 Å². The minimum atomic E-state index is -0.552. The molecule has 0 aliphatic rings. The summed E-state index contributed by atoms with van der Waals surface area (Å²) in [5.74, 6) is 0.133. The lowest BCUT2D eigenvalue weighted by Gasteiger charge is -2.06. The maximum atomic E-state index is 12.7. The van der Waals surface area contributed by atoms with E-state index >= 15 is 0 Å². The van der Waals surface area contributed by atoms with E-state index < -0.39 is 4.92 Å². The second-order valence-electron chi connectivity index (χ2n) is 3.79. The van der Waals surface area contributed by atoms with Crippen molar-refractivity contribution in [2.24, 2.45) is 0 Å². The number of benzene rings is 2. The molecule has 0 amide bonds. The molecule has 0 N–H and O–H groups in total. The number of rotatable bonds is 4. The lowest BCUT2D eigenvalue weighted by Crippen LogP contribution is -1.97. The Morgan fingerprint density at radius 2 is 1.89 bits per heavy atom. The fourth-order valence-electron chi connectivity index (χ4n) is 1.49. The molecule has 0 saturated heterocycles. The smallest absolute Gasteiger partial charge is 0.288 e. The van der Waals surface area contributed by atoms with Crippen molar-refractivity contribution < 1.29 is 14.1 Å². The first-order valence-corrected chi connectivity index (χ1v) is 5.75. The van der Waals surface area contributed by atoms with E-state index in [2.05, 4.69) is 0 Å². The zero-order valence-corrected chi connectivity index (χ0v) is 10.4. The van der Waals surface area contributed by atoms with Crippen molar-refractivity contribution in [1.29, 1.82) is 0 Å². The molecule has 0 unspecified atom stereocenters. The molecule has 0 saturated carbocycles. The summed E-state index contributed by atoms with van der Waals surface area (Å²) >= 11 is 5.70. The van der Waals surface area contributed by atoms with Crippen molar-refractivity contribution in [2.45, 2.75) is 6.61 Å². The molecular weight excluding hydrogens is 273 g/mol. The van der Waals surface area contributed by atoms with E-state index in [1.54, 1.807) is 6.07 Å². The lowest BCUT2D eigenvalue weighted by atomic mass is 10.2. The van der Waals surface area contributed by atoms with Crippen molar-refractivity contribution in [3.8, 4) is 5.75 Å². The predicted molar refractivity (Wildman–Crippen MR) is 68.8 cm³/mol. The van der Waals surface area contributed by atoms with Gasteiger partial charge in [0, 0.05) is 6.07 Å². The normalized spacial score (nSPS) is 10.2. The van der Waals surface area contributed by atoms with Crippen LogP contribution < -0.4 is 4.74 Å². The monoisotopic (exact) mass is 281 g/mol. The van der Waals surface area contributed by atoms with Crippen LogP contribution in [0.15, 0.2) is 42.5 Å². The lowest BCUT2D eigenvalue weighted by molar-refractivity contribution is -0.384. The standard InChI is InChI=1S/C13H9ClFNO3/c14-12-6-1-9(7-13(12)16(17)18)8-19-11-4-2-10(15)3-5-11/h1-7H,8H2. The highest BCUT2D eigenvalue weighted by Crippen LogP contribution is 2.25. The summed E-state index contributed by atoms with van der Waals surface area (Å²) in [4.78, 5) is 10.2. The summed E-state index contributed by atoms with van der Waals surface area (Å²) in [5, 5.41) is 10.8. The van der Waals surface area contributed by atoms with Crippen molar-refractivity contribution >= 4 is 17.3 Å². The SMILES string of the molecule is O=[N+]([O-])c1cc(COc2ccc(F)cc2)ccc1Cl. The van der Waals surface area contributed by atoms with E-state index in [-0.39, 0.29) is 23.1 Å². The molecule has 19 heavy (non-hydrogen) atoms. The third-order valence-electron chi connectivity index (χ3n) is 2.43. The molecule has 0 bridgehead atoms. The Labute approximate surface area is 113 Å². The number of ether oxygens (including phenoxy) is 1. The third-order valence-corrected chi connectivity index (χ3v) is 2.75. The molecule has 0 heterocycles. The van der Waals surface area contributed by atoms with E-state index in [1.165, 1.54) is 36.4 Å². The maximum Gasteiger partial charge on any atom is 0.288 e.